The van der Waals surface area contributed by atoms with E-state index in [4.69, 9.17) is 4.74 Å². The molecule has 0 unspecified atom stereocenters. The molecule has 0 spiro atoms. The largest absolute Gasteiger partial charge is 0.493 e. The Bertz CT molecular complexity index is 581. The molecular weight excluding hydrogens is 242 g/mol. The number of hydrogen-bond acceptors (Lipinski definition) is 3. The Hall–Kier alpha value is -2.36. The van der Waals surface area contributed by atoms with Gasteiger partial charge < -0.3 is 4.74 Å². The Kier molecular flexibility index (Phi) is 4.13. The lowest BCUT2D eigenvalue weighted by Gasteiger charge is -2.07. The average Bonchev–Trinajstić information content (AvgIpc) is 2.39. The zero-order valence-electron chi connectivity index (χ0n) is 10.7. The summed E-state index contributed by atoms with van der Waals surface area (Å²) >= 11 is 0. The molecule has 98 valence electrons. The Morgan fingerprint density at radius 3 is 2.68 bits per heavy atom. The second-order valence-electron chi connectivity index (χ2n) is 4.30. The van der Waals surface area contributed by atoms with Crippen LogP contribution >= 0.6 is 0 Å². The summed E-state index contributed by atoms with van der Waals surface area (Å²) in [5, 5.41) is 10.9. The number of nitro groups is 1. The van der Waals surface area contributed by atoms with Gasteiger partial charge in [-0.3, -0.25) is 10.1 Å². The fourth-order valence-electron chi connectivity index (χ4n) is 1.88. The second kappa shape index (κ2) is 6.00. The van der Waals surface area contributed by atoms with E-state index >= 15 is 0 Å². The summed E-state index contributed by atoms with van der Waals surface area (Å²) < 4.78 is 5.60. The summed E-state index contributed by atoms with van der Waals surface area (Å²) in [6, 6.07) is 14.5. The fourth-order valence-corrected chi connectivity index (χ4v) is 1.88. The van der Waals surface area contributed by atoms with Crippen LogP contribution in [-0.2, 0) is 6.42 Å². The number of aryl methyl sites for hydroxylation is 1. The molecule has 2 aromatic carbocycles. The van der Waals surface area contributed by atoms with Gasteiger partial charge in [-0.05, 0) is 24.6 Å². The first kappa shape index (κ1) is 13.1. The summed E-state index contributed by atoms with van der Waals surface area (Å²) in [7, 11) is 0. The van der Waals surface area contributed by atoms with Crippen LogP contribution < -0.4 is 4.74 Å². The van der Waals surface area contributed by atoms with E-state index in [1.807, 2.05) is 31.2 Å². The van der Waals surface area contributed by atoms with Gasteiger partial charge in [0.05, 0.1) is 11.5 Å². The molecule has 0 N–H and O–H groups in total. The van der Waals surface area contributed by atoms with Crippen molar-refractivity contribution < 1.29 is 9.66 Å². The lowest BCUT2D eigenvalue weighted by molar-refractivity contribution is -0.385. The maximum absolute atomic E-state index is 10.9. The van der Waals surface area contributed by atoms with E-state index in [-0.39, 0.29) is 10.6 Å². The van der Waals surface area contributed by atoms with Crippen LogP contribution in [0.5, 0.6) is 5.75 Å². The van der Waals surface area contributed by atoms with E-state index in [2.05, 4.69) is 0 Å². The lowest BCUT2D eigenvalue weighted by atomic mass is 10.1. The second-order valence-corrected chi connectivity index (χ2v) is 4.30. The number of rotatable bonds is 5. The van der Waals surface area contributed by atoms with E-state index in [9.17, 15) is 10.1 Å². The summed E-state index contributed by atoms with van der Waals surface area (Å²) in [5.74, 6) is 0.790. The molecule has 0 bridgehead atoms. The molecule has 0 aliphatic rings. The molecule has 2 rings (SSSR count). The standard InChI is InChI=1S/C15H15NO3/c1-12-5-4-7-14(11-12)19-10-9-13-6-2-3-8-15(13)16(17)18/h2-8,11H,9-10H2,1H3. The third kappa shape index (κ3) is 3.55. The van der Waals surface area contributed by atoms with Crippen LogP contribution in [0.25, 0.3) is 0 Å². The molecule has 0 aliphatic heterocycles. The summed E-state index contributed by atoms with van der Waals surface area (Å²) in [6.07, 6.45) is 0.519. The SMILES string of the molecule is Cc1cccc(OCCc2ccccc2[N+](=O)[O-])c1. The van der Waals surface area contributed by atoms with Crippen LogP contribution in [0.2, 0.25) is 0 Å². The van der Waals surface area contributed by atoms with Gasteiger partial charge in [-0.15, -0.1) is 0 Å². The van der Waals surface area contributed by atoms with Gasteiger partial charge in [-0.1, -0.05) is 30.3 Å². The number of hydrogen-bond donors (Lipinski definition) is 0. The molecule has 0 fully saturated rings. The molecule has 0 amide bonds. The molecule has 0 radical (unpaired) electrons. The van der Waals surface area contributed by atoms with Gasteiger partial charge >= 0.3 is 0 Å². The molecule has 0 aromatic heterocycles. The van der Waals surface area contributed by atoms with Gasteiger partial charge in [-0.2, -0.15) is 0 Å². The molecule has 0 aliphatic carbocycles. The van der Waals surface area contributed by atoms with Gasteiger partial charge in [0, 0.05) is 18.1 Å². The first-order valence-electron chi connectivity index (χ1n) is 6.08. The van der Waals surface area contributed by atoms with Gasteiger partial charge in [0.1, 0.15) is 5.75 Å². The van der Waals surface area contributed by atoms with E-state index in [0.717, 1.165) is 11.3 Å². The minimum Gasteiger partial charge on any atom is -0.493 e. The number of nitrogens with zero attached hydrogens (tertiary/aromatic N) is 1. The normalized spacial score (nSPS) is 10.2. The van der Waals surface area contributed by atoms with Crippen molar-refractivity contribution in [3.63, 3.8) is 0 Å². The average molecular weight is 257 g/mol. The van der Waals surface area contributed by atoms with E-state index in [1.165, 1.54) is 6.07 Å². The van der Waals surface area contributed by atoms with Gasteiger partial charge in [-0.25, -0.2) is 0 Å². The van der Waals surface area contributed by atoms with Crippen LogP contribution in [0.4, 0.5) is 5.69 Å². The number of ether oxygens (including phenoxy) is 1. The van der Waals surface area contributed by atoms with Gasteiger partial charge in [0.25, 0.3) is 5.69 Å². The Balaban J connectivity index is 1.98. The Morgan fingerprint density at radius 2 is 1.95 bits per heavy atom. The van der Waals surface area contributed by atoms with Crippen molar-refractivity contribution in [2.24, 2.45) is 0 Å². The smallest absolute Gasteiger partial charge is 0.272 e. The van der Waals surface area contributed by atoms with Crippen LogP contribution in [0, 0.1) is 17.0 Å². The number of para-hydroxylation sites is 1. The maximum atomic E-state index is 10.9. The quantitative estimate of drug-likeness (QED) is 0.608. The Morgan fingerprint density at radius 1 is 1.16 bits per heavy atom. The molecule has 0 saturated heterocycles. The molecule has 0 saturated carbocycles. The molecule has 4 heteroatoms. The topological polar surface area (TPSA) is 52.4 Å². The van der Waals surface area contributed by atoms with E-state index in [1.54, 1.807) is 18.2 Å². The minimum absolute atomic E-state index is 0.148. The van der Waals surface area contributed by atoms with Crippen molar-refractivity contribution in [2.45, 2.75) is 13.3 Å². The van der Waals surface area contributed by atoms with Crippen molar-refractivity contribution in [3.8, 4) is 5.75 Å². The van der Waals surface area contributed by atoms with E-state index < -0.39 is 0 Å². The number of benzene rings is 2. The predicted molar refractivity (Wildman–Crippen MR) is 73.5 cm³/mol. The van der Waals surface area contributed by atoms with Crippen molar-refractivity contribution in [1.82, 2.24) is 0 Å². The Labute approximate surface area is 111 Å². The van der Waals surface area contributed by atoms with Crippen LogP contribution in [0.15, 0.2) is 48.5 Å². The van der Waals surface area contributed by atoms with Crippen LogP contribution in [0.1, 0.15) is 11.1 Å². The first-order valence-corrected chi connectivity index (χ1v) is 6.08. The monoisotopic (exact) mass is 257 g/mol. The molecular formula is C15H15NO3. The molecule has 0 heterocycles. The van der Waals surface area contributed by atoms with Crippen LogP contribution in [-0.4, -0.2) is 11.5 Å². The summed E-state index contributed by atoms with van der Waals surface area (Å²) in [5.41, 5.74) is 1.97. The third-order valence-electron chi connectivity index (χ3n) is 2.82. The van der Waals surface area contributed by atoms with Crippen molar-refractivity contribution in [3.05, 3.63) is 69.8 Å². The molecule has 2 aromatic rings. The maximum Gasteiger partial charge on any atom is 0.272 e. The summed E-state index contributed by atoms with van der Waals surface area (Å²) in [4.78, 5) is 10.5. The van der Waals surface area contributed by atoms with Gasteiger partial charge in [0.2, 0.25) is 0 Å². The highest BCUT2D eigenvalue weighted by Crippen LogP contribution is 2.19. The lowest BCUT2D eigenvalue weighted by Crippen LogP contribution is -2.04. The van der Waals surface area contributed by atoms with Gasteiger partial charge in [0.15, 0.2) is 0 Å². The van der Waals surface area contributed by atoms with Crippen LogP contribution in [0.3, 0.4) is 0 Å². The van der Waals surface area contributed by atoms with Crippen molar-refractivity contribution in [2.75, 3.05) is 6.61 Å². The molecule has 0 atom stereocenters. The van der Waals surface area contributed by atoms with E-state index in [0.29, 0.717) is 18.6 Å². The minimum atomic E-state index is -0.359. The summed E-state index contributed by atoms with van der Waals surface area (Å²) in [6.45, 7) is 2.42. The third-order valence-corrected chi connectivity index (χ3v) is 2.82. The first-order chi connectivity index (χ1) is 9.16. The highest BCUT2D eigenvalue weighted by Gasteiger charge is 2.11. The van der Waals surface area contributed by atoms with Crippen molar-refractivity contribution in [1.29, 1.82) is 0 Å². The number of nitro benzene ring substituents is 1. The zero-order chi connectivity index (χ0) is 13.7. The highest BCUT2D eigenvalue weighted by atomic mass is 16.6. The fraction of sp³-hybridized carbons (Fsp3) is 0.200. The predicted octanol–water partition coefficient (Wildman–Crippen LogP) is 3.52. The zero-order valence-corrected chi connectivity index (χ0v) is 10.7. The molecule has 4 nitrogen and oxygen atoms in total. The molecule has 19 heavy (non-hydrogen) atoms. The highest BCUT2D eigenvalue weighted by molar-refractivity contribution is 5.40. The van der Waals surface area contributed by atoms with Crippen molar-refractivity contribution >= 4 is 5.69 Å².